The normalized spacial score (nSPS) is 9.50. The van der Waals surface area contributed by atoms with Crippen LogP contribution in [0.5, 0.6) is 0 Å². The average molecular weight is 240 g/mol. The van der Waals surface area contributed by atoms with E-state index in [9.17, 15) is 9.59 Å². The molecule has 0 spiro atoms. The summed E-state index contributed by atoms with van der Waals surface area (Å²) in [6, 6.07) is 2.90. The fourth-order valence-corrected chi connectivity index (χ4v) is 1.77. The second-order valence-electron chi connectivity index (χ2n) is 2.92. The topological polar surface area (TPSA) is 78.4 Å². The maximum atomic E-state index is 11.1. The molecular formula is C10H12N2O3S. The van der Waals surface area contributed by atoms with Crippen LogP contribution < -0.4 is 10.6 Å². The van der Waals surface area contributed by atoms with Gasteiger partial charge in [0.05, 0.1) is 6.54 Å². The lowest BCUT2D eigenvalue weighted by atomic mass is 10.4. The molecule has 6 heteroatoms. The van der Waals surface area contributed by atoms with Crippen LogP contribution in [-0.2, 0) is 6.54 Å². The van der Waals surface area contributed by atoms with Crippen LogP contribution in [0.4, 0.5) is 4.79 Å². The molecule has 1 aromatic rings. The molecule has 1 rings (SSSR count). The highest BCUT2D eigenvalue weighted by Gasteiger charge is 2.07. The molecule has 0 aromatic carbocycles. The quantitative estimate of drug-likeness (QED) is 0.681. The second kappa shape index (κ2) is 5.92. The summed E-state index contributed by atoms with van der Waals surface area (Å²) in [6.45, 7) is 4.19. The molecule has 5 nitrogen and oxygen atoms in total. The van der Waals surface area contributed by atoms with Crippen molar-refractivity contribution < 1.29 is 14.7 Å². The molecule has 0 radical (unpaired) electrons. The Kier molecular flexibility index (Phi) is 4.53. The van der Waals surface area contributed by atoms with Gasteiger partial charge in [-0.3, -0.25) is 0 Å². The summed E-state index contributed by atoms with van der Waals surface area (Å²) >= 11 is 1.14. The summed E-state index contributed by atoms with van der Waals surface area (Å²) in [5, 5.41) is 13.8. The number of carbonyl (C=O) groups is 2. The van der Waals surface area contributed by atoms with Gasteiger partial charge < -0.3 is 15.7 Å². The van der Waals surface area contributed by atoms with Gasteiger partial charge in [-0.05, 0) is 12.1 Å². The van der Waals surface area contributed by atoms with Gasteiger partial charge in [-0.2, -0.15) is 0 Å². The summed E-state index contributed by atoms with van der Waals surface area (Å²) in [7, 11) is 0. The van der Waals surface area contributed by atoms with Crippen molar-refractivity contribution in [3.8, 4) is 0 Å². The second-order valence-corrected chi connectivity index (χ2v) is 4.09. The molecule has 0 atom stereocenters. The molecule has 2 amide bonds. The molecule has 86 valence electrons. The van der Waals surface area contributed by atoms with Crippen LogP contribution >= 0.6 is 11.3 Å². The van der Waals surface area contributed by atoms with Gasteiger partial charge in [-0.25, -0.2) is 9.59 Å². The number of amides is 2. The molecule has 0 unspecified atom stereocenters. The molecule has 0 aliphatic carbocycles. The Morgan fingerprint density at radius 2 is 2.19 bits per heavy atom. The fraction of sp³-hybridized carbons (Fsp3) is 0.200. The van der Waals surface area contributed by atoms with E-state index < -0.39 is 5.97 Å². The number of carboxylic acids is 1. The molecule has 0 aliphatic rings. The zero-order chi connectivity index (χ0) is 12.0. The third-order valence-corrected chi connectivity index (χ3v) is 2.78. The predicted molar refractivity (Wildman–Crippen MR) is 61.7 cm³/mol. The number of thiophene rings is 1. The summed E-state index contributed by atoms with van der Waals surface area (Å²) in [5.74, 6) is -0.952. The lowest BCUT2D eigenvalue weighted by Gasteiger charge is -2.03. The van der Waals surface area contributed by atoms with E-state index in [1.54, 1.807) is 12.1 Å². The molecule has 0 saturated carbocycles. The average Bonchev–Trinajstić information content (AvgIpc) is 2.72. The van der Waals surface area contributed by atoms with Crippen LogP contribution in [0.3, 0.4) is 0 Å². The molecular weight excluding hydrogens is 228 g/mol. The van der Waals surface area contributed by atoms with Crippen LogP contribution in [0.1, 0.15) is 14.5 Å². The Morgan fingerprint density at radius 3 is 2.75 bits per heavy atom. The van der Waals surface area contributed by atoms with Crippen molar-refractivity contribution in [3.63, 3.8) is 0 Å². The summed E-state index contributed by atoms with van der Waals surface area (Å²) in [4.78, 5) is 22.8. The van der Waals surface area contributed by atoms with Crippen LogP contribution in [-0.4, -0.2) is 23.7 Å². The molecule has 1 heterocycles. The molecule has 0 saturated heterocycles. The standard InChI is InChI=1S/C10H12N2O3S/c1-2-5-11-10(15)12-6-7-3-4-8(16-7)9(13)14/h2-4H,1,5-6H2,(H,13,14)(H2,11,12,15). The Labute approximate surface area is 96.8 Å². The largest absolute Gasteiger partial charge is 0.477 e. The highest BCUT2D eigenvalue weighted by molar-refractivity contribution is 7.13. The number of hydrogen-bond donors (Lipinski definition) is 3. The summed E-state index contributed by atoms with van der Waals surface area (Å²) < 4.78 is 0. The fourth-order valence-electron chi connectivity index (χ4n) is 0.983. The third-order valence-electron chi connectivity index (χ3n) is 1.70. The first kappa shape index (κ1) is 12.3. The van der Waals surface area contributed by atoms with Gasteiger partial charge in [0.1, 0.15) is 4.88 Å². The molecule has 0 aliphatic heterocycles. The van der Waals surface area contributed by atoms with Gasteiger partial charge >= 0.3 is 12.0 Å². The van der Waals surface area contributed by atoms with Gasteiger partial charge in [-0.15, -0.1) is 17.9 Å². The SMILES string of the molecule is C=CCNC(=O)NCc1ccc(C(=O)O)s1. The van der Waals surface area contributed by atoms with E-state index in [0.29, 0.717) is 13.1 Å². The lowest BCUT2D eigenvalue weighted by molar-refractivity contribution is 0.0702. The zero-order valence-corrected chi connectivity index (χ0v) is 9.34. The molecule has 1 aromatic heterocycles. The van der Waals surface area contributed by atoms with E-state index in [2.05, 4.69) is 17.2 Å². The van der Waals surface area contributed by atoms with Crippen LogP contribution in [0.2, 0.25) is 0 Å². The van der Waals surface area contributed by atoms with Gasteiger partial charge in [0.25, 0.3) is 0 Å². The maximum Gasteiger partial charge on any atom is 0.345 e. The monoisotopic (exact) mass is 240 g/mol. The Bertz CT molecular complexity index is 401. The summed E-state index contributed by atoms with van der Waals surface area (Å²) in [5.41, 5.74) is 0. The van der Waals surface area contributed by atoms with E-state index in [0.717, 1.165) is 16.2 Å². The maximum absolute atomic E-state index is 11.1. The first-order chi connectivity index (χ1) is 7.63. The molecule has 16 heavy (non-hydrogen) atoms. The smallest absolute Gasteiger partial charge is 0.345 e. The van der Waals surface area contributed by atoms with E-state index in [-0.39, 0.29) is 10.9 Å². The molecule has 0 bridgehead atoms. The number of urea groups is 1. The number of hydrogen-bond acceptors (Lipinski definition) is 3. The van der Waals surface area contributed by atoms with E-state index in [1.165, 1.54) is 6.07 Å². The Balaban J connectivity index is 2.39. The minimum Gasteiger partial charge on any atom is -0.477 e. The van der Waals surface area contributed by atoms with Crippen molar-refractivity contribution in [3.05, 3.63) is 34.5 Å². The minimum atomic E-state index is -0.952. The van der Waals surface area contributed by atoms with Gasteiger partial charge in [-0.1, -0.05) is 6.08 Å². The Morgan fingerprint density at radius 1 is 1.44 bits per heavy atom. The number of rotatable bonds is 5. The minimum absolute atomic E-state index is 0.267. The number of aromatic carboxylic acids is 1. The van der Waals surface area contributed by atoms with E-state index >= 15 is 0 Å². The first-order valence-electron chi connectivity index (χ1n) is 4.58. The Hall–Kier alpha value is -1.82. The number of carboxylic acid groups (broad SMARTS) is 1. The first-order valence-corrected chi connectivity index (χ1v) is 5.39. The van der Waals surface area contributed by atoms with Crippen molar-refractivity contribution in [1.82, 2.24) is 10.6 Å². The van der Waals surface area contributed by atoms with Gasteiger partial charge in [0.2, 0.25) is 0 Å². The molecule has 3 N–H and O–H groups in total. The lowest BCUT2D eigenvalue weighted by Crippen LogP contribution is -2.34. The van der Waals surface area contributed by atoms with Crippen molar-refractivity contribution in [2.24, 2.45) is 0 Å². The van der Waals surface area contributed by atoms with Crippen molar-refractivity contribution in [2.75, 3.05) is 6.54 Å². The third kappa shape index (κ3) is 3.74. The van der Waals surface area contributed by atoms with Crippen LogP contribution in [0, 0.1) is 0 Å². The highest BCUT2D eigenvalue weighted by atomic mass is 32.1. The van der Waals surface area contributed by atoms with Crippen LogP contribution in [0.15, 0.2) is 24.8 Å². The van der Waals surface area contributed by atoms with Gasteiger partial charge in [0, 0.05) is 11.4 Å². The van der Waals surface area contributed by atoms with E-state index in [1.807, 2.05) is 0 Å². The highest BCUT2D eigenvalue weighted by Crippen LogP contribution is 2.15. The van der Waals surface area contributed by atoms with Crippen molar-refractivity contribution in [1.29, 1.82) is 0 Å². The number of nitrogens with one attached hydrogen (secondary N) is 2. The predicted octanol–water partition coefficient (Wildman–Crippen LogP) is 1.43. The zero-order valence-electron chi connectivity index (χ0n) is 8.53. The molecule has 0 fully saturated rings. The number of carbonyl (C=O) groups excluding carboxylic acids is 1. The van der Waals surface area contributed by atoms with Crippen molar-refractivity contribution in [2.45, 2.75) is 6.54 Å². The summed E-state index contributed by atoms with van der Waals surface area (Å²) in [6.07, 6.45) is 1.58. The van der Waals surface area contributed by atoms with E-state index in [4.69, 9.17) is 5.11 Å². The van der Waals surface area contributed by atoms with Gasteiger partial charge in [0.15, 0.2) is 0 Å². The van der Waals surface area contributed by atoms with Crippen LogP contribution in [0.25, 0.3) is 0 Å². The van der Waals surface area contributed by atoms with Crippen molar-refractivity contribution >= 4 is 23.3 Å².